The summed E-state index contributed by atoms with van der Waals surface area (Å²) in [7, 11) is 1.58. The van der Waals surface area contributed by atoms with Crippen LogP contribution in [-0.4, -0.2) is 17.9 Å². The number of amides is 1. The Bertz CT molecular complexity index is 1320. The van der Waals surface area contributed by atoms with E-state index in [1.807, 2.05) is 37.3 Å². The molecule has 0 saturated carbocycles. The third-order valence-electron chi connectivity index (χ3n) is 5.44. The molecule has 4 aromatic rings. The second-order valence-corrected chi connectivity index (χ2v) is 7.37. The summed E-state index contributed by atoms with van der Waals surface area (Å²) in [6, 6.07) is 15.7. The molecule has 0 saturated heterocycles. The van der Waals surface area contributed by atoms with E-state index in [1.54, 1.807) is 42.5 Å². The van der Waals surface area contributed by atoms with Crippen molar-refractivity contribution in [2.45, 2.75) is 19.5 Å². The summed E-state index contributed by atoms with van der Waals surface area (Å²) < 4.78 is 16.8. The molecule has 6 nitrogen and oxygen atoms in total. The summed E-state index contributed by atoms with van der Waals surface area (Å²) in [4.78, 5) is 28.5. The molecule has 0 fully saturated rings. The van der Waals surface area contributed by atoms with Crippen LogP contribution in [0.25, 0.3) is 11.0 Å². The summed E-state index contributed by atoms with van der Waals surface area (Å²) in [5.41, 5.74) is 2.27. The van der Waals surface area contributed by atoms with Crippen LogP contribution in [0, 0.1) is 6.92 Å². The predicted octanol–water partition coefficient (Wildman–Crippen LogP) is 4.45. The molecule has 0 unspecified atom stereocenters. The Labute approximate surface area is 172 Å². The van der Waals surface area contributed by atoms with E-state index < -0.39 is 6.04 Å². The van der Waals surface area contributed by atoms with E-state index in [0.717, 1.165) is 11.1 Å². The zero-order valence-corrected chi connectivity index (χ0v) is 16.5. The summed E-state index contributed by atoms with van der Waals surface area (Å²) in [6.45, 7) is 2.13. The topological polar surface area (TPSA) is 72.9 Å². The van der Waals surface area contributed by atoms with Gasteiger partial charge < -0.3 is 18.5 Å². The predicted molar refractivity (Wildman–Crippen MR) is 111 cm³/mol. The van der Waals surface area contributed by atoms with Gasteiger partial charge >= 0.3 is 0 Å². The average molecular weight is 401 g/mol. The number of nitrogens with zero attached hydrogens (tertiary/aromatic N) is 1. The first-order chi connectivity index (χ1) is 14.6. The van der Waals surface area contributed by atoms with Gasteiger partial charge in [0.15, 0.2) is 5.43 Å². The first-order valence-electron chi connectivity index (χ1n) is 9.61. The normalized spacial score (nSPS) is 15.6. The Morgan fingerprint density at radius 3 is 2.70 bits per heavy atom. The first-order valence-corrected chi connectivity index (χ1v) is 9.61. The number of benzene rings is 2. The first kappa shape index (κ1) is 18.2. The van der Waals surface area contributed by atoms with Gasteiger partial charge in [-0.3, -0.25) is 9.59 Å². The number of fused-ring (bicyclic) bond motifs is 2. The third kappa shape index (κ3) is 2.80. The number of ether oxygens (including phenoxy) is 1. The second-order valence-electron chi connectivity index (χ2n) is 7.37. The standard InChI is InChI=1S/C24H19NO5/c1-14-8-9-19-18(11-14)22(26)20-21(15-5-3-6-16(12-15)28-2)25(24(27)23(20)30-19)13-17-7-4-10-29-17/h3-12,21H,13H2,1-2H3/t21-/m0/s1. The summed E-state index contributed by atoms with van der Waals surface area (Å²) in [5, 5.41) is 0.467. The largest absolute Gasteiger partial charge is 0.497 e. The number of methoxy groups -OCH3 is 1. The van der Waals surface area contributed by atoms with E-state index >= 15 is 0 Å². The molecule has 0 aliphatic carbocycles. The van der Waals surface area contributed by atoms with Gasteiger partial charge in [-0.05, 0) is 48.9 Å². The van der Waals surface area contributed by atoms with Crippen molar-refractivity contribution in [2.24, 2.45) is 0 Å². The van der Waals surface area contributed by atoms with Gasteiger partial charge in [0.1, 0.15) is 17.1 Å². The van der Waals surface area contributed by atoms with Crippen molar-refractivity contribution in [1.29, 1.82) is 0 Å². The van der Waals surface area contributed by atoms with Crippen LogP contribution in [0.5, 0.6) is 5.75 Å². The molecule has 6 heteroatoms. The van der Waals surface area contributed by atoms with Crippen LogP contribution in [0.2, 0.25) is 0 Å². The van der Waals surface area contributed by atoms with E-state index in [4.69, 9.17) is 13.6 Å². The van der Waals surface area contributed by atoms with Gasteiger partial charge in [-0.15, -0.1) is 0 Å². The molecule has 3 heterocycles. The van der Waals surface area contributed by atoms with Gasteiger partial charge in [0.05, 0.1) is 36.9 Å². The summed E-state index contributed by atoms with van der Waals surface area (Å²) in [6.07, 6.45) is 1.56. The van der Waals surface area contributed by atoms with Crippen LogP contribution in [0.4, 0.5) is 0 Å². The van der Waals surface area contributed by atoms with Gasteiger partial charge in [-0.25, -0.2) is 0 Å². The molecule has 1 aliphatic rings. The van der Waals surface area contributed by atoms with Crippen molar-refractivity contribution in [1.82, 2.24) is 4.90 Å². The molecule has 0 bridgehead atoms. The zero-order chi connectivity index (χ0) is 20.8. The van der Waals surface area contributed by atoms with Crippen molar-refractivity contribution in [3.8, 4) is 5.75 Å². The van der Waals surface area contributed by atoms with E-state index in [9.17, 15) is 9.59 Å². The number of hydrogen-bond acceptors (Lipinski definition) is 5. The molecule has 1 amide bonds. The Hall–Kier alpha value is -3.80. The number of aryl methyl sites for hydroxylation is 1. The smallest absolute Gasteiger partial charge is 0.291 e. The summed E-state index contributed by atoms with van der Waals surface area (Å²) in [5.74, 6) is 1.01. The van der Waals surface area contributed by atoms with Crippen LogP contribution in [0.1, 0.15) is 39.0 Å². The van der Waals surface area contributed by atoms with Crippen molar-refractivity contribution >= 4 is 16.9 Å². The lowest BCUT2D eigenvalue weighted by Crippen LogP contribution is -2.29. The number of carbonyl (C=O) groups excluding carboxylic acids is 1. The summed E-state index contributed by atoms with van der Waals surface area (Å²) >= 11 is 0. The molecular formula is C24H19NO5. The van der Waals surface area contributed by atoms with Gasteiger partial charge in [0.2, 0.25) is 5.76 Å². The maximum Gasteiger partial charge on any atom is 0.291 e. The third-order valence-corrected chi connectivity index (χ3v) is 5.44. The number of carbonyl (C=O) groups is 1. The molecule has 1 aliphatic heterocycles. The highest BCUT2D eigenvalue weighted by Crippen LogP contribution is 2.40. The van der Waals surface area contributed by atoms with Gasteiger partial charge in [-0.2, -0.15) is 0 Å². The highest BCUT2D eigenvalue weighted by molar-refractivity contribution is 5.99. The van der Waals surface area contributed by atoms with Crippen LogP contribution in [-0.2, 0) is 6.54 Å². The second kappa shape index (κ2) is 6.91. The van der Waals surface area contributed by atoms with Gasteiger partial charge in [-0.1, -0.05) is 23.8 Å². The fourth-order valence-electron chi connectivity index (χ4n) is 4.03. The monoisotopic (exact) mass is 401 g/mol. The Morgan fingerprint density at radius 2 is 1.93 bits per heavy atom. The molecule has 1 atom stereocenters. The maximum atomic E-state index is 13.5. The number of hydrogen-bond donors (Lipinski definition) is 0. The molecule has 2 aromatic carbocycles. The minimum absolute atomic E-state index is 0.0794. The van der Waals surface area contributed by atoms with Gasteiger partial charge in [0, 0.05) is 0 Å². The Balaban J connectivity index is 1.76. The van der Waals surface area contributed by atoms with E-state index in [1.165, 1.54) is 0 Å². The fourth-order valence-corrected chi connectivity index (χ4v) is 4.03. The molecule has 30 heavy (non-hydrogen) atoms. The molecule has 0 N–H and O–H groups in total. The Morgan fingerprint density at radius 1 is 1.07 bits per heavy atom. The number of rotatable bonds is 4. The highest BCUT2D eigenvalue weighted by Gasteiger charge is 2.43. The molecule has 2 aromatic heterocycles. The lowest BCUT2D eigenvalue weighted by Gasteiger charge is -2.24. The zero-order valence-electron chi connectivity index (χ0n) is 16.5. The highest BCUT2D eigenvalue weighted by atomic mass is 16.5. The lowest BCUT2D eigenvalue weighted by molar-refractivity contribution is 0.0701. The Kier molecular flexibility index (Phi) is 4.20. The van der Waals surface area contributed by atoms with Crippen molar-refractivity contribution < 1.29 is 18.4 Å². The van der Waals surface area contributed by atoms with Crippen LogP contribution >= 0.6 is 0 Å². The van der Waals surface area contributed by atoms with E-state index in [2.05, 4.69) is 0 Å². The molecule has 0 spiro atoms. The van der Waals surface area contributed by atoms with Crippen LogP contribution in [0.3, 0.4) is 0 Å². The maximum absolute atomic E-state index is 13.5. The molecule has 5 rings (SSSR count). The minimum atomic E-state index is -0.603. The fraction of sp³-hybridized carbons (Fsp3) is 0.167. The van der Waals surface area contributed by atoms with Crippen molar-refractivity contribution in [3.05, 3.63) is 99.3 Å². The molecule has 150 valence electrons. The van der Waals surface area contributed by atoms with Crippen LogP contribution in [0.15, 0.2) is 74.5 Å². The SMILES string of the molecule is COc1cccc([C@H]2c3c(oc4ccc(C)cc4c3=O)C(=O)N2Cc2ccco2)c1. The average Bonchev–Trinajstić information content (AvgIpc) is 3.36. The van der Waals surface area contributed by atoms with E-state index in [-0.39, 0.29) is 23.6 Å². The van der Waals surface area contributed by atoms with Crippen LogP contribution < -0.4 is 10.2 Å². The lowest BCUT2D eigenvalue weighted by atomic mass is 9.98. The number of furan rings is 1. The van der Waals surface area contributed by atoms with Crippen molar-refractivity contribution in [3.63, 3.8) is 0 Å². The van der Waals surface area contributed by atoms with Gasteiger partial charge in [0.25, 0.3) is 5.91 Å². The minimum Gasteiger partial charge on any atom is -0.497 e. The molecule has 0 radical (unpaired) electrons. The molecular weight excluding hydrogens is 382 g/mol. The quantitative estimate of drug-likeness (QED) is 0.505. The van der Waals surface area contributed by atoms with E-state index in [0.29, 0.717) is 28.0 Å². The van der Waals surface area contributed by atoms with Crippen molar-refractivity contribution in [2.75, 3.05) is 7.11 Å².